The molecule has 0 aromatic rings. The summed E-state index contributed by atoms with van der Waals surface area (Å²) in [4.78, 5) is 0. The van der Waals surface area contributed by atoms with E-state index in [0.717, 1.165) is 57.3 Å². The Bertz CT molecular complexity index is 341. The predicted octanol–water partition coefficient (Wildman–Crippen LogP) is 3.44. The molecule has 25 heavy (non-hydrogen) atoms. The Morgan fingerprint density at radius 1 is 0.760 bits per heavy atom. The van der Waals surface area contributed by atoms with Gasteiger partial charge in [0.25, 0.3) is 0 Å². The maximum absolute atomic E-state index is 9.75. The fraction of sp³-hybridized carbons (Fsp3) is 1.00. The molecule has 0 radical (unpaired) electrons. The Hall–Kier alpha value is 0.142. The Balaban J connectivity index is 0.000000295. The summed E-state index contributed by atoms with van der Waals surface area (Å²) >= 11 is 0. The molecular weight excluding hydrogens is 409 g/mol. The van der Waals surface area contributed by atoms with Gasteiger partial charge in [-0.05, 0) is 57.5 Å². The van der Waals surface area contributed by atoms with Gasteiger partial charge in [-0.2, -0.15) is 10.2 Å². The average molecular weight is 446 g/mol. The van der Waals surface area contributed by atoms with Crippen molar-refractivity contribution in [2.24, 2.45) is 16.1 Å². The molecule has 6 heteroatoms. The van der Waals surface area contributed by atoms with Crippen LogP contribution in [0.2, 0.25) is 0 Å². The van der Waals surface area contributed by atoms with Crippen molar-refractivity contribution in [3.63, 3.8) is 0 Å². The fourth-order valence-corrected chi connectivity index (χ4v) is 3.91. The molecule has 2 aliphatic carbocycles. The summed E-state index contributed by atoms with van der Waals surface area (Å²) in [5, 5.41) is 31.4. The number of aliphatic hydroxyl groups is 2. The van der Waals surface area contributed by atoms with Crippen molar-refractivity contribution in [2.45, 2.75) is 102 Å². The molecule has 5 nitrogen and oxygen atoms in total. The quantitative estimate of drug-likeness (QED) is 0.460. The first kappa shape index (κ1) is 23.2. The third kappa shape index (κ3) is 8.58. The van der Waals surface area contributed by atoms with Crippen molar-refractivity contribution in [2.75, 3.05) is 13.1 Å². The number of hydrogen-bond acceptors (Lipinski definition) is 5. The van der Waals surface area contributed by atoms with E-state index in [1.165, 1.54) is 32.4 Å². The second-order valence-corrected chi connectivity index (χ2v) is 7.67. The van der Waals surface area contributed by atoms with E-state index in [9.17, 15) is 10.2 Å². The summed E-state index contributed by atoms with van der Waals surface area (Å²) in [7, 11) is 0. The van der Waals surface area contributed by atoms with Crippen LogP contribution in [0, 0.1) is 5.92 Å². The van der Waals surface area contributed by atoms with E-state index in [4.69, 9.17) is 0 Å². The van der Waals surface area contributed by atoms with Crippen LogP contribution < -0.4 is 5.32 Å². The first-order valence-electron chi connectivity index (χ1n) is 10.2. The molecule has 1 saturated heterocycles. The van der Waals surface area contributed by atoms with Crippen molar-refractivity contribution in [3.05, 3.63) is 0 Å². The summed E-state index contributed by atoms with van der Waals surface area (Å²) in [6, 6.07) is -0.0502. The van der Waals surface area contributed by atoms with Crippen LogP contribution in [0.3, 0.4) is 0 Å². The van der Waals surface area contributed by atoms with Gasteiger partial charge < -0.3 is 15.5 Å². The molecule has 150 valence electrons. The van der Waals surface area contributed by atoms with Crippen LogP contribution in [0.4, 0.5) is 0 Å². The summed E-state index contributed by atoms with van der Waals surface area (Å²) < 4.78 is 0. The fourth-order valence-electron chi connectivity index (χ4n) is 3.91. The molecule has 0 aromatic carbocycles. The van der Waals surface area contributed by atoms with Crippen LogP contribution >= 0.6 is 0 Å². The summed E-state index contributed by atoms with van der Waals surface area (Å²) in [6.45, 7) is 4.78. The zero-order chi connectivity index (χ0) is 17.2. The minimum atomic E-state index is -0.321. The standard InChI is InChI=1S/C12H22N2O2.C7H15N.Pd/c15-11-7-3-1-5-9(11)13-14-10-6-2-4-8-12(10)16;1-2-7-3-5-8-6-4-7;/h9-12,15-16H,1-8H2;7-8H,2-6H2,1H3;. The first-order chi connectivity index (χ1) is 11.7. The van der Waals surface area contributed by atoms with E-state index < -0.39 is 0 Å². The minimum Gasteiger partial charge on any atom is -0.391 e. The molecule has 3 fully saturated rings. The number of azo groups is 1. The smallest absolute Gasteiger partial charge is 0.0966 e. The van der Waals surface area contributed by atoms with Gasteiger partial charge in [-0.25, -0.2) is 0 Å². The van der Waals surface area contributed by atoms with Crippen LogP contribution in [0.1, 0.15) is 77.6 Å². The van der Waals surface area contributed by atoms with Crippen LogP contribution in [0.15, 0.2) is 10.2 Å². The van der Waals surface area contributed by atoms with Crippen LogP contribution in [-0.4, -0.2) is 47.6 Å². The van der Waals surface area contributed by atoms with Gasteiger partial charge in [-0.3, -0.25) is 0 Å². The second kappa shape index (κ2) is 13.3. The minimum absolute atomic E-state index is 0. The van der Waals surface area contributed by atoms with E-state index >= 15 is 0 Å². The van der Waals surface area contributed by atoms with Gasteiger partial charge in [-0.15, -0.1) is 0 Å². The molecular formula is C19H37N3O2Pd. The van der Waals surface area contributed by atoms with Crippen molar-refractivity contribution < 1.29 is 30.6 Å². The monoisotopic (exact) mass is 445 g/mol. The van der Waals surface area contributed by atoms with Gasteiger partial charge in [0.05, 0.1) is 24.3 Å². The normalized spacial score (nSPS) is 34.0. The van der Waals surface area contributed by atoms with E-state index in [1.807, 2.05) is 0 Å². The van der Waals surface area contributed by atoms with Gasteiger partial charge in [0, 0.05) is 20.4 Å². The Morgan fingerprint density at radius 2 is 1.20 bits per heavy atom. The molecule has 4 atom stereocenters. The average Bonchev–Trinajstić information content (AvgIpc) is 2.63. The predicted molar refractivity (Wildman–Crippen MR) is 97.3 cm³/mol. The molecule has 0 aromatic heterocycles. The van der Waals surface area contributed by atoms with Gasteiger partial charge >= 0.3 is 0 Å². The number of rotatable bonds is 3. The third-order valence-electron chi connectivity index (χ3n) is 5.79. The Labute approximate surface area is 167 Å². The number of nitrogens with one attached hydrogen (secondary N) is 1. The first-order valence-corrected chi connectivity index (χ1v) is 10.2. The summed E-state index contributed by atoms with van der Waals surface area (Å²) in [5.41, 5.74) is 0. The molecule has 3 N–H and O–H groups in total. The number of piperidine rings is 1. The molecule has 3 aliphatic rings. The second-order valence-electron chi connectivity index (χ2n) is 7.67. The van der Waals surface area contributed by atoms with Crippen molar-refractivity contribution >= 4 is 0 Å². The van der Waals surface area contributed by atoms with E-state index in [1.54, 1.807) is 0 Å². The molecule has 4 unspecified atom stereocenters. The van der Waals surface area contributed by atoms with Crippen molar-refractivity contribution in [1.82, 2.24) is 5.32 Å². The molecule has 0 spiro atoms. The zero-order valence-electron chi connectivity index (χ0n) is 15.7. The van der Waals surface area contributed by atoms with Crippen molar-refractivity contribution in [1.29, 1.82) is 0 Å². The van der Waals surface area contributed by atoms with Gasteiger partial charge in [0.15, 0.2) is 0 Å². The molecule has 0 bridgehead atoms. The summed E-state index contributed by atoms with van der Waals surface area (Å²) in [6.07, 6.45) is 11.6. The van der Waals surface area contributed by atoms with Gasteiger partial charge in [0.2, 0.25) is 0 Å². The number of aliphatic hydroxyl groups excluding tert-OH is 2. The third-order valence-corrected chi connectivity index (χ3v) is 5.79. The Kier molecular flexibility index (Phi) is 12.4. The molecule has 1 aliphatic heterocycles. The van der Waals surface area contributed by atoms with Crippen LogP contribution in [-0.2, 0) is 20.4 Å². The van der Waals surface area contributed by atoms with E-state index in [2.05, 4.69) is 22.5 Å². The maximum Gasteiger partial charge on any atom is 0.0966 e. The number of nitrogens with zero attached hydrogens (tertiary/aromatic N) is 2. The largest absolute Gasteiger partial charge is 0.391 e. The number of hydrogen-bond donors (Lipinski definition) is 3. The Morgan fingerprint density at radius 3 is 1.56 bits per heavy atom. The van der Waals surface area contributed by atoms with Crippen LogP contribution in [0.25, 0.3) is 0 Å². The molecule has 1 heterocycles. The van der Waals surface area contributed by atoms with Crippen molar-refractivity contribution in [3.8, 4) is 0 Å². The molecule has 0 amide bonds. The van der Waals surface area contributed by atoms with E-state index in [-0.39, 0.29) is 44.7 Å². The van der Waals surface area contributed by atoms with Gasteiger partial charge in [0.1, 0.15) is 0 Å². The van der Waals surface area contributed by atoms with Crippen LogP contribution in [0.5, 0.6) is 0 Å². The molecule has 2 saturated carbocycles. The maximum atomic E-state index is 9.75. The summed E-state index contributed by atoms with van der Waals surface area (Å²) in [5.74, 6) is 1.02. The topological polar surface area (TPSA) is 77.2 Å². The SMILES string of the molecule is CCC1CCNCC1.OC1CCCCC1N=NC1CCCCC1O.[Pd]. The van der Waals surface area contributed by atoms with E-state index in [0.29, 0.717) is 0 Å². The molecule has 3 rings (SSSR count). The zero-order valence-corrected chi connectivity index (χ0v) is 17.2. The van der Waals surface area contributed by atoms with Gasteiger partial charge in [-0.1, -0.05) is 39.0 Å².